The molecule has 0 radical (unpaired) electrons. The van der Waals surface area contributed by atoms with Gasteiger partial charge in [-0.3, -0.25) is 14.5 Å². The normalized spacial score (nSPS) is 12.9. The number of pyridine rings is 1. The van der Waals surface area contributed by atoms with Gasteiger partial charge in [-0.2, -0.15) is 0 Å². The number of nitrogens with one attached hydrogen (secondary N) is 1. The number of amides is 2. The molecule has 9 nitrogen and oxygen atoms in total. The van der Waals surface area contributed by atoms with Crippen LogP contribution >= 0.6 is 0 Å². The lowest BCUT2D eigenvalue weighted by Crippen LogP contribution is -2.39. The third-order valence-corrected chi connectivity index (χ3v) is 5.29. The van der Waals surface area contributed by atoms with E-state index < -0.39 is 0 Å². The number of benzene rings is 2. The summed E-state index contributed by atoms with van der Waals surface area (Å²) in [5.41, 5.74) is 2.41. The van der Waals surface area contributed by atoms with Crippen LogP contribution in [0.4, 0.5) is 17.2 Å². The van der Waals surface area contributed by atoms with Crippen LogP contribution in [0.2, 0.25) is 0 Å². The molecule has 0 saturated heterocycles. The smallest absolute Gasteiger partial charge is 0.244 e. The fourth-order valence-corrected chi connectivity index (χ4v) is 3.60. The van der Waals surface area contributed by atoms with Crippen LogP contribution in [0, 0.1) is 0 Å². The number of nitrogens with zero attached hydrogens (tertiary/aromatic N) is 3. The first-order chi connectivity index (χ1) is 16.5. The molecule has 2 aromatic carbocycles. The van der Waals surface area contributed by atoms with Crippen molar-refractivity contribution in [3.8, 4) is 17.2 Å². The van der Waals surface area contributed by atoms with E-state index in [-0.39, 0.29) is 24.8 Å². The molecule has 0 unspecified atom stereocenters. The summed E-state index contributed by atoms with van der Waals surface area (Å²) in [5.74, 6) is 1.40. The predicted molar refractivity (Wildman–Crippen MR) is 129 cm³/mol. The molecule has 1 aliphatic heterocycles. The lowest BCUT2D eigenvalue weighted by molar-refractivity contribution is -0.120. The molecule has 4 rings (SSSR count). The van der Waals surface area contributed by atoms with Gasteiger partial charge in [-0.15, -0.1) is 0 Å². The Bertz CT molecular complexity index is 1240. The first-order valence-electron chi connectivity index (χ1n) is 10.5. The van der Waals surface area contributed by atoms with Crippen LogP contribution in [-0.4, -0.2) is 50.4 Å². The van der Waals surface area contributed by atoms with Crippen LogP contribution in [0.3, 0.4) is 0 Å². The molecule has 0 fully saturated rings. The zero-order valence-electron chi connectivity index (χ0n) is 19.1. The van der Waals surface area contributed by atoms with E-state index in [1.54, 1.807) is 43.6 Å². The Hall–Kier alpha value is -4.40. The maximum Gasteiger partial charge on any atom is 0.244 e. The molecule has 1 aliphatic rings. The number of hydrogen-bond acceptors (Lipinski definition) is 7. The van der Waals surface area contributed by atoms with Crippen LogP contribution in [0.5, 0.6) is 17.2 Å². The van der Waals surface area contributed by atoms with E-state index >= 15 is 0 Å². The minimum Gasteiger partial charge on any atom is -0.497 e. The summed E-state index contributed by atoms with van der Waals surface area (Å²) in [7, 11) is 4.64. The number of rotatable bonds is 7. The third kappa shape index (κ3) is 4.83. The summed E-state index contributed by atoms with van der Waals surface area (Å²) >= 11 is 0. The predicted octanol–water partition coefficient (Wildman–Crippen LogP) is 3.60. The Morgan fingerprint density at radius 2 is 1.76 bits per heavy atom. The number of methoxy groups -OCH3 is 3. The summed E-state index contributed by atoms with van der Waals surface area (Å²) < 4.78 is 15.7. The van der Waals surface area contributed by atoms with Gasteiger partial charge in [-0.05, 0) is 54.1 Å². The SMILES string of the molecule is COc1ccc(C2=Nc3cccnc3N(CC(=O)Nc3ccc(OC)c(OC)c3)C(=O)C2)cc1. The van der Waals surface area contributed by atoms with Crippen molar-refractivity contribution < 1.29 is 23.8 Å². The highest BCUT2D eigenvalue weighted by Crippen LogP contribution is 2.32. The van der Waals surface area contributed by atoms with Gasteiger partial charge in [0, 0.05) is 18.0 Å². The van der Waals surface area contributed by atoms with Crippen LogP contribution in [0.25, 0.3) is 0 Å². The van der Waals surface area contributed by atoms with Crippen LogP contribution in [0.15, 0.2) is 65.8 Å². The number of hydrogen-bond donors (Lipinski definition) is 1. The second-order valence-corrected chi connectivity index (χ2v) is 7.41. The lowest BCUT2D eigenvalue weighted by Gasteiger charge is -2.20. The number of ether oxygens (including phenoxy) is 3. The van der Waals surface area contributed by atoms with Gasteiger partial charge < -0.3 is 19.5 Å². The molecular weight excluding hydrogens is 436 g/mol. The molecule has 1 aromatic heterocycles. The number of aliphatic imine (C=N–C) groups is 1. The van der Waals surface area contributed by atoms with E-state index in [0.29, 0.717) is 40.2 Å². The molecule has 174 valence electrons. The average molecular weight is 460 g/mol. The summed E-state index contributed by atoms with van der Waals surface area (Å²) in [5, 5.41) is 2.80. The average Bonchev–Trinajstić information content (AvgIpc) is 3.00. The Morgan fingerprint density at radius 3 is 2.47 bits per heavy atom. The molecule has 0 saturated carbocycles. The Balaban J connectivity index is 1.57. The number of carbonyl (C=O) groups excluding carboxylic acids is 2. The van der Waals surface area contributed by atoms with Gasteiger partial charge in [0.25, 0.3) is 0 Å². The standard InChI is InChI=1S/C25H24N4O5/c1-32-18-9-6-16(7-10-18)20-14-24(31)29(25-19(28-20)5-4-12-26-25)15-23(30)27-17-8-11-21(33-2)22(13-17)34-3/h4-13H,14-15H2,1-3H3,(H,27,30). The lowest BCUT2D eigenvalue weighted by atomic mass is 10.1. The molecule has 0 bridgehead atoms. The van der Waals surface area contributed by atoms with Crippen molar-refractivity contribution in [1.82, 2.24) is 4.98 Å². The first kappa shape index (κ1) is 22.8. The molecule has 1 N–H and O–H groups in total. The van der Waals surface area contributed by atoms with Gasteiger partial charge in [0.2, 0.25) is 11.8 Å². The van der Waals surface area contributed by atoms with E-state index in [4.69, 9.17) is 14.2 Å². The Labute approximate surface area is 197 Å². The second-order valence-electron chi connectivity index (χ2n) is 7.41. The number of aromatic nitrogens is 1. The summed E-state index contributed by atoms with van der Waals surface area (Å²) in [6.07, 6.45) is 1.59. The quantitative estimate of drug-likeness (QED) is 0.578. The highest BCUT2D eigenvalue weighted by molar-refractivity contribution is 6.18. The Kier molecular flexibility index (Phi) is 6.72. The zero-order chi connectivity index (χ0) is 24.1. The van der Waals surface area contributed by atoms with E-state index in [2.05, 4.69) is 15.3 Å². The molecule has 2 heterocycles. The topological polar surface area (TPSA) is 102 Å². The highest BCUT2D eigenvalue weighted by Gasteiger charge is 2.28. The number of fused-ring (bicyclic) bond motifs is 1. The molecule has 0 aliphatic carbocycles. The van der Waals surface area contributed by atoms with Crippen LogP contribution in [0.1, 0.15) is 12.0 Å². The maximum absolute atomic E-state index is 13.2. The summed E-state index contributed by atoms with van der Waals surface area (Å²) in [4.78, 5) is 36.5. The minimum atomic E-state index is -0.384. The van der Waals surface area contributed by atoms with Gasteiger partial charge in [-0.1, -0.05) is 0 Å². The van der Waals surface area contributed by atoms with Crippen molar-refractivity contribution in [2.75, 3.05) is 38.1 Å². The van der Waals surface area contributed by atoms with Crippen molar-refractivity contribution in [3.63, 3.8) is 0 Å². The maximum atomic E-state index is 13.2. The molecule has 34 heavy (non-hydrogen) atoms. The van der Waals surface area contributed by atoms with Gasteiger partial charge in [-0.25, -0.2) is 9.98 Å². The molecule has 0 atom stereocenters. The van der Waals surface area contributed by atoms with E-state index in [9.17, 15) is 9.59 Å². The van der Waals surface area contributed by atoms with Crippen molar-refractivity contribution in [1.29, 1.82) is 0 Å². The van der Waals surface area contributed by atoms with Crippen molar-refractivity contribution >= 4 is 34.7 Å². The summed E-state index contributed by atoms with van der Waals surface area (Å²) in [6.45, 7) is -0.220. The van der Waals surface area contributed by atoms with Gasteiger partial charge in [0.15, 0.2) is 17.3 Å². The first-order valence-corrected chi connectivity index (χ1v) is 10.5. The molecule has 9 heteroatoms. The van der Waals surface area contributed by atoms with Crippen molar-refractivity contribution in [2.45, 2.75) is 6.42 Å². The van der Waals surface area contributed by atoms with Gasteiger partial charge >= 0.3 is 0 Å². The summed E-state index contributed by atoms with van der Waals surface area (Å²) in [6, 6.07) is 15.9. The molecule has 2 amide bonds. The molecule has 0 spiro atoms. The van der Waals surface area contributed by atoms with Gasteiger partial charge in [0.1, 0.15) is 18.0 Å². The minimum absolute atomic E-state index is 0.0202. The molecule has 3 aromatic rings. The fourth-order valence-electron chi connectivity index (χ4n) is 3.60. The monoisotopic (exact) mass is 460 g/mol. The van der Waals surface area contributed by atoms with Crippen molar-refractivity contribution in [3.05, 3.63) is 66.4 Å². The number of anilines is 2. The molecular formula is C25H24N4O5. The second kappa shape index (κ2) is 10.0. The third-order valence-electron chi connectivity index (χ3n) is 5.29. The fraction of sp³-hybridized carbons (Fsp3) is 0.200. The largest absolute Gasteiger partial charge is 0.497 e. The van der Waals surface area contributed by atoms with Crippen LogP contribution < -0.4 is 24.4 Å². The van der Waals surface area contributed by atoms with Crippen LogP contribution in [-0.2, 0) is 9.59 Å². The van der Waals surface area contributed by atoms with E-state index in [1.807, 2.05) is 24.3 Å². The number of carbonyl (C=O) groups is 2. The zero-order valence-corrected chi connectivity index (χ0v) is 19.1. The Morgan fingerprint density at radius 1 is 1.00 bits per heavy atom. The highest BCUT2D eigenvalue weighted by atomic mass is 16.5. The van der Waals surface area contributed by atoms with Crippen molar-refractivity contribution in [2.24, 2.45) is 4.99 Å². The van der Waals surface area contributed by atoms with E-state index in [0.717, 1.165) is 5.56 Å². The van der Waals surface area contributed by atoms with E-state index in [1.165, 1.54) is 19.1 Å². The van der Waals surface area contributed by atoms with Gasteiger partial charge in [0.05, 0.1) is 33.5 Å².